The maximum Gasteiger partial charge on any atom is 0.244 e. The predicted molar refractivity (Wildman–Crippen MR) is 56.8 cm³/mol. The first-order valence-electron chi connectivity index (χ1n) is 4.24. The molecule has 0 fully saturated rings. The second-order valence-corrected chi connectivity index (χ2v) is 5.11. The van der Waals surface area contributed by atoms with Gasteiger partial charge in [0.15, 0.2) is 5.82 Å². The van der Waals surface area contributed by atoms with Crippen molar-refractivity contribution in [2.75, 3.05) is 0 Å². The van der Waals surface area contributed by atoms with Crippen LogP contribution in [0.15, 0.2) is 23.1 Å². The lowest BCUT2D eigenvalue weighted by molar-refractivity contribution is 0.554. The second-order valence-electron chi connectivity index (χ2n) is 3.02. The third-order valence-electron chi connectivity index (χ3n) is 1.73. The number of nitrogens with one attached hydrogen (secondary N) is 1. The van der Waals surface area contributed by atoms with Crippen molar-refractivity contribution in [1.29, 1.82) is 5.26 Å². The molecule has 1 aromatic carbocycles. The van der Waals surface area contributed by atoms with Crippen molar-refractivity contribution in [2.24, 2.45) is 0 Å². The normalized spacial score (nSPS) is 13.1. The molecule has 0 bridgehead atoms. The van der Waals surface area contributed by atoms with Gasteiger partial charge in [-0.2, -0.15) is 9.98 Å². The summed E-state index contributed by atoms with van der Waals surface area (Å²) >= 11 is 5.46. The number of sulfonamides is 1. The summed E-state index contributed by atoms with van der Waals surface area (Å²) in [5.74, 6) is -1.03. The molecule has 1 atom stereocenters. The minimum Gasteiger partial charge on any atom is -0.207 e. The summed E-state index contributed by atoms with van der Waals surface area (Å²) in [6, 6.07) is 4.37. The van der Waals surface area contributed by atoms with Gasteiger partial charge < -0.3 is 0 Å². The van der Waals surface area contributed by atoms with Gasteiger partial charge in [0, 0.05) is 0 Å². The molecule has 1 aromatic rings. The summed E-state index contributed by atoms with van der Waals surface area (Å²) in [6.07, 6.45) is 0. The second kappa shape index (κ2) is 4.78. The SMILES string of the molecule is C[C@H](C#N)NS(=O)(=O)c1cccc(Cl)c1F. The Morgan fingerprint density at radius 1 is 1.56 bits per heavy atom. The van der Waals surface area contributed by atoms with E-state index in [0.29, 0.717) is 0 Å². The van der Waals surface area contributed by atoms with Gasteiger partial charge in [-0.05, 0) is 19.1 Å². The lowest BCUT2D eigenvalue weighted by Gasteiger charge is -2.09. The standard InChI is InChI=1S/C9H8ClFN2O2S/c1-6(5-12)13-16(14,15)8-4-2-3-7(10)9(8)11/h2-4,6,13H,1H3/t6-/m1/s1. The molecular formula is C9H8ClFN2O2S. The van der Waals surface area contributed by atoms with Crippen LogP contribution in [-0.4, -0.2) is 14.5 Å². The van der Waals surface area contributed by atoms with Crippen molar-refractivity contribution in [2.45, 2.75) is 17.9 Å². The molecular weight excluding hydrogens is 255 g/mol. The quantitative estimate of drug-likeness (QED) is 0.901. The maximum absolute atomic E-state index is 13.4. The number of benzene rings is 1. The largest absolute Gasteiger partial charge is 0.244 e. The molecule has 0 aliphatic rings. The average molecular weight is 263 g/mol. The third kappa shape index (κ3) is 2.70. The van der Waals surface area contributed by atoms with E-state index in [1.54, 1.807) is 6.07 Å². The summed E-state index contributed by atoms with van der Waals surface area (Å²) in [7, 11) is -4.06. The van der Waals surface area contributed by atoms with E-state index < -0.39 is 26.8 Å². The molecule has 0 spiro atoms. The van der Waals surface area contributed by atoms with Crippen LogP contribution < -0.4 is 4.72 Å². The highest BCUT2D eigenvalue weighted by atomic mass is 35.5. The van der Waals surface area contributed by atoms with E-state index in [9.17, 15) is 12.8 Å². The molecule has 0 radical (unpaired) electrons. The van der Waals surface area contributed by atoms with Crippen LogP contribution in [0, 0.1) is 17.1 Å². The first kappa shape index (κ1) is 12.9. The summed E-state index contributed by atoms with van der Waals surface area (Å²) in [5.41, 5.74) is 0. The van der Waals surface area contributed by atoms with Crippen molar-refractivity contribution in [3.8, 4) is 6.07 Å². The van der Waals surface area contributed by atoms with Crippen molar-refractivity contribution in [3.05, 3.63) is 29.0 Å². The molecule has 86 valence electrons. The van der Waals surface area contributed by atoms with Crippen molar-refractivity contribution < 1.29 is 12.8 Å². The molecule has 0 saturated heterocycles. The third-order valence-corrected chi connectivity index (χ3v) is 3.58. The highest BCUT2D eigenvalue weighted by Crippen LogP contribution is 2.21. The molecule has 1 N–H and O–H groups in total. The Bertz CT molecular complexity index is 539. The smallest absolute Gasteiger partial charge is 0.207 e. The van der Waals surface area contributed by atoms with Gasteiger partial charge in [-0.25, -0.2) is 12.8 Å². The molecule has 0 heterocycles. The molecule has 0 aromatic heterocycles. The molecule has 0 saturated carbocycles. The van der Waals surface area contributed by atoms with Gasteiger partial charge in [-0.3, -0.25) is 0 Å². The lowest BCUT2D eigenvalue weighted by Crippen LogP contribution is -2.32. The number of nitrogens with zero attached hydrogens (tertiary/aromatic N) is 1. The molecule has 1 rings (SSSR count). The first-order chi connectivity index (χ1) is 7.38. The fourth-order valence-electron chi connectivity index (χ4n) is 1.01. The molecule has 0 aliphatic heterocycles. The molecule has 0 amide bonds. The number of hydrogen-bond acceptors (Lipinski definition) is 3. The van der Waals surface area contributed by atoms with E-state index in [-0.39, 0.29) is 5.02 Å². The minimum absolute atomic E-state index is 0.285. The van der Waals surface area contributed by atoms with Crippen LogP contribution >= 0.6 is 11.6 Å². The number of nitriles is 1. The Kier molecular flexibility index (Phi) is 3.86. The molecule has 4 nitrogen and oxygen atoms in total. The van der Waals surface area contributed by atoms with E-state index in [1.807, 2.05) is 4.72 Å². The van der Waals surface area contributed by atoms with Crippen LogP contribution in [0.4, 0.5) is 4.39 Å². The van der Waals surface area contributed by atoms with E-state index >= 15 is 0 Å². The highest BCUT2D eigenvalue weighted by Gasteiger charge is 2.22. The number of hydrogen-bond donors (Lipinski definition) is 1. The van der Waals surface area contributed by atoms with Crippen LogP contribution in [0.5, 0.6) is 0 Å². The molecule has 0 unspecified atom stereocenters. The first-order valence-corrected chi connectivity index (χ1v) is 6.10. The molecule has 16 heavy (non-hydrogen) atoms. The van der Waals surface area contributed by atoms with Gasteiger partial charge in [0.05, 0.1) is 11.1 Å². The summed E-state index contributed by atoms with van der Waals surface area (Å²) in [4.78, 5) is -0.567. The minimum atomic E-state index is -4.06. The van der Waals surface area contributed by atoms with Crippen molar-refractivity contribution in [3.63, 3.8) is 0 Å². The Labute approximate surface area is 97.7 Å². The van der Waals surface area contributed by atoms with Gasteiger partial charge in [-0.1, -0.05) is 17.7 Å². The van der Waals surface area contributed by atoms with Crippen LogP contribution in [0.2, 0.25) is 5.02 Å². The zero-order valence-corrected chi connectivity index (χ0v) is 9.81. The van der Waals surface area contributed by atoms with Crippen molar-refractivity contribution >= 4 is 21.6 Å². The Morgan fingerprint density at radius 2 is 2.19 bits per heavy atom. The molecule has 0 aliphatic carbocycles. The zero-order chi connectivity index (χ0) is 12.3. The summed E-state index contributed by atoms with van der Waals surface area (Å²) < 4.78 is 38.6. The van der Waals surface area contributed by atoms with E-state index in [1.165, 1.54) is 19.1 Å². The topological polar surface area (TPSA) is 70.0 Å². The van der Waals surface area contributed by atoms with Crippen LogP contribution in [0.3, 0.4) is 0 Å². The van der Waals surface area contributed by atoms with Gasteiger partial charge in [0.2, 0.25) is 10.0 Å². The Hall–Kier alpha value is -1.16. The fraction of sp³-hybridized carbons (Fsp3) is 0.222. The number of rotatable bonds is 3. The Balaban J connectivity index is 3.19. The lowest BCUT2D eigenvalue weighted by atomic mass is 10.3. The highest BCUT2D eigenvalue weighted by molar-refractivity contribution is 7.89. The summed E-state index contributed by atoms with van der Waals surface area (Å²) in [6.45, 7) is 1.35. The molecule has 7 heteroatoms. The van der Waals surface area contributed by atoms with Crippen LogP contribution in [-0.2, 0) is 10.0 Å². The van der Waals surface area contributed by atoms with Crippen LogP contribution in [0.1, 0.15) is 6.92 Å². The van der Waals surface area contributed by atoms with Crippen molar-refractivity contribution in [1.82, 2.24) is 4.72 Å². The zero-order valence-electron chi connectivity index (χ0n) is 8.24. The predicted octanol–water partition coefficient (Wildman–Crippen LogP) is 1.67. The fourth-order valence-corrected chi connectivity index (χ4v) is 2.49. The average Bonchev–Trinajstić information content (AvgIpc) is 2.21. The van der Waals surface area contributed by atoms with E-state index in [4.69, 9.17) is 16.9 Å². The van der Waals surface area contributed by atoms with Gasteiger partial charge in [-0.15, -0.1) is 0 Å². The van der Waals surface area contributed by atoms with E-state index in [2.05, 4.69) is 0 Å². The number of halogens is 2. The van der Waals surface area contributed by atoms with Gasteiger partial charge >= 0.3 is 0 Å². The van der Waals surface area contributed by atoms with E-state index in [0.717, 1.165) is 6.07 Å². The van der Waals surface area contributed by atoms with Crippen LogP contribution in [0.25, 0.3) is 0 Å². The maximum atomic E-state index is 13.4. The van der Waals surface area contributed by atoms with Gasteiger partial charge in [0.1, 0.15) is 10.9 Å². The monoisotopic (exact) mass is 262 g/mol. The Morgan fingerprint density at radius 3 is 2.75 bits per heavy atom. The van der Waals surface area contributed by atoms with Gasteiger partial charge in [0.25, 0.3) is 0 Å². The summed E-state index contributed by atoms with van der Waals surface area (Å²) in [5, 5.41) is 8.19.